The van der Waals surface area contributed by atoms with E-state index in [0.717, 1.165) is 5.56 Å². The molecule has 3 aromatic rings. The molecule has 0 atom stereocenters. The Morgan fingerprint density at radius 1 is 0.778 bits per heavy atom. The zero-order valence-corrected chi connectivity index (χ0v) is 14.0. The molecular weight excluding hydrogens is 352 g/mol. The molecule has 2 aliphatic rings. The molecular formula is C18H14N4O5. The molecule has 2 N–H and O–H groups in total. The van der Waals surface area contributed by atoms with Gasteiger partial charge in [-0.3, -0.25) is 15.0 Å². The van der Waals surface area contributed by atoms with E-state index < -0.39 is 0 Å². The lowest BCUT2D eigenvalue weighted by Crippen LogP contribution is -2.15. The molecule has 0 fully saturated rings. The zero-order valence-electron chi connectivity index (χ0n) is 14.0. The van der Waals surface area contributed by atoms with Crippen LogP contribution in [0, 0.1) is 0 Å². The first-order chi connectivity index (χ1) is 13.3. The van der Waals surface area contributed by atoms with Gasteiger partial charge in [-0.15, -0.1) is 5.11 Å². The molecule has 2 aromatic carbocycles. The molecule has 136 valence electrons. The predicted molar refractivity (Wildman–Crippen MR) is 94.6 cm³/mol. The molecule has 1 aromatic heterocycles. The fourth-order valence-electron chi connectivity index (χ4n) is 2.91. The van der Waals surface area contributed by atoms with E-state index in [1.54, 1.807) is 30.3 Å². The molecule has 9 heteroatoms. The Balaban J connectivity index is 1.49. The van der Waals surface area contributed by atoms with Gasteiger partial charge in [0.2, 0.25) is 6.79 Å². The molecule has 0 radical (unpaired) electrons. The van der Waals surface area contributed by atoms with Gasteiger partial charge in [-0.1, -0.05) is 0 Å². The number of rotatable bonds is 3. The summed E-state index contributed by atoms with van der Waals surface area (Å²) >= 11 is 0. The number of H-pyrrole nitrogens is 2. The van der Waals surface area contributed by atoms with E-state index in [2.05, 4.69) is 20.4 Å². The van der Waals surface area contributed by atoms with Crippen molar-refractivity contribution in [2.45, 2.75) is 0 Å². The van der Waals surface area contributed by atoms with Crippen molar-refractivity contribution in [2.75, 3.05) is 20.0 Å². The quantitative estimate of drug-likeness (QED) is 0.691. The highest BCUT2D eigenvalue weighted by Crippen LogP contribution is 2.37. The van der Waals surface area contributed by atoms with E-state index in [-0.39, 0.29) is 18.0 Å². The van der Waals surface area contributed by atoms with Crippen LogP contribution in [0.3, 0.4) is 0 Å². The van der Waals surface area contributed by atoms with Crippen LogP contribution < -0.4 is 24.5 Å². The van der Waals surface area contributed by atoms with Gasteiger partial charge in [0, 0.05) is 11.6 Å². The minimum atomic E-state index is -0.371. The van der Waals surface area contributed by atoms with Crippen molar-refractivity contribution in [2.24, 2.45) is 10.2 Å². The minimum absolute atomic E-state index is 0.171. The summed E-state index contributed by atoms with van der Waals surface area (Å²) in [6.45, 7) is 1.18. The Kier molecular flexibility index (Phi) is 3.56. The first-order valence-electron chi connectivity index (χ1n) is 8.30. The maximum absolute atomic E-state index is 12.2. The molecule has 3 heterocycles. The summed E-state index contributed by atoms with van der Waals surface area (Å²) in [7, 11) is 0. The Labute approximate surface area is 152 Å². The maximum Gasteiger partial charge on any atom is 0.292 e. The average molecular weight is 366 g/mol. The number of hydrogen-bond donors (Lipinski definition) is 2. The van der Waals surface area contributed by atoms with Crippen LogP contribution >= 0.6 is 0 Å². The molecule has 9 nitrogen and oxygen atoms in total. The van der Waals surface area contributed by atoms with Gasteiger partial charge in [0.25, 0.3) is 5.56 Å². The van der Waals surface area contributed by atoms with Crippen molar-refractivity contribution in [1.29, 1.82) is 0 Å². The van der Waals surface area contributed by atoms with Gasteiger partial charge >= 0.3 is 0 Å². The number of aromatic amines is 2. The summed E-state index contributed by atoms with van der Waals surface area (Å²) in [6.07, 6.45) is 0. The molecule has 0 amide bonds. The normalized spacial score (nSPS) is 14.7. The lowest BCUT2D eigenvalue weighted by Gasteiger charge is -2.18. The number of nitrogens with one attached hydrogen (secondary N) is 2. The van der Waals surface area contributed by atoms with E-state index in [1.165, 1.54) is 0 Å². The van der Waals surface area contributed by atoms with Crippen LogP contribution in [0.2, 0.25) is 0 Å². The van der Waals surface area contributed by atoms with Crippen LogP contribution in [0.15, 0.2) is 51.4 Å². The molecule has 0 bridgehead atoms. The molecule has 5 rings (SSSR count). The number of azo groups is 1. The largest absolute Gasteiger partial charge is 0.486 e. The lowest BCUT2D eigenvalue weighted by molar-refractivity contribution is 0.171. The van der Waals surface area contributed by atoms with Crippen LogP contribution in [-0.2, 0) is 0 Å². The molecule has 0 spiro atoms. The second kappa shape index (κ2) is 6.20. The molecule has 0 saturated heterocycles. The summed E-state index contributed by atoms with van der Waals surface area (Å²) < 4.78 is 21.7. The second-order valence-electron chi connectivity index (χ2n) is 5.90. The minimum Gasteiger partial charge on any atom is -0.486 e. The number of hydrogen-bond acceptors (Lipinski definition) is 7. The van der Waals surface area contributed by atoms with Crippen molar-refractivity contribution in [3.05, 3.63) is 46.8 Å². The van der Waals surface area contributed by atoms with Crippen molar-refractivity contribution in [3.63, 3.8) is 0 Å². The Morgan fingerprint density at radius 2 is 1.52 bits per heavy atom. The highest BCUT2D eigenvalue weighted by Gasteiger charge is 2.17. The number of aromatic nitrogens is 2. The number of benzene rings is 2. The van der Waals surface area contributed by atoms with E-state index in [1.807, 2.05) is 6.07 Å². The third-order valence-corrected chi connectivity index (χ3v) is 4.21. The van der Waals surface area contributed by atoms with E-state index >= 15 is 0 Å². The van der Waals surface area contributed by atoms with Gasteiger partial charge in [0.15, 0.2) is 28.7 Å². The molecule has 2 aliphatic heterocycles. The number of nitrogens with zero attached hydrogens (tertiary/aromatic N) is 2. The third-order valence-electron chi connectivity index (χ3n) is 4.21. The van der Waals surface area contributed by atoms with E-state index in [0.29, 0.717) is 47.6 Å². The SMILES string of the molecule is O=c1[nH][nH]c(-c2ccc3c(c2)OCCO3)c1N=Nc1ccc2c(c1)OCO2. The topological polar surface area (TPSA) is 110 Å². The monoisotopic (exact) mass is 366 g/mol. The van der Waals surface area contributed by atoms with Gasteiger partial charge in [0.05, 0.1) is 11.4 Å². The van der Waals surface area contributed by atoms with Gasteiger partial charge in [-0.05, 0) is 30.3 Å². The first kappa shape index (κ1) is 15.5. The van der Waals surface area contributed by atoms with Crippen LogP contribution in [0.5, 0.6) is 23.0 Å². The fourth-order valence-corrected chi connectivity index (χ4v) is 2.91. The maximum atomic E-state index is 12.2. The summed E-state index contributed by atoms with van der Waals surface area (Å²) in [5.74, 6) is 2.55. The van der Waals surface area contributed by atoms with Crippen molar-refractivity contribution in [3.8, 4) is 34.3 Å². The van der Waals surface area contributed by atoms with Crippen LogP contribution in [-0.4, -0.2) is 30.2 Å². The Bertz CT molecular complexity index is 1100. The van der Waals surface area contributed by atoms with Gasteiger partial charge in [0.1, 0.15) is 13.2 Å². The van der Waals surface area contributed by atoms with Crippen molar-refractivity contribution >= 4 is 11.4 Å². The first-order valence-corrected chi connectivity index (χ1v) is 8.30. The highest BCUT2D eigenvalue weighted by molar-refractivity contribution is 5.73. The van der Waals surface area contributed by atoms with Gasteiger partial charge in [-0.25, -0.2) is 0 Å². The highest BCUT2D eigenvalue weighted by atomic mass is 16.7. The standard InChI is InChI=1S/C18H14N4O5/c23-18-17(21-19-11-2-4-13-15(8-11)27-9-26-13)16(20-22-18)10-1-3-12-14(7-10)25-6-5-24-12/h1-4,7-8H,5-6,9H2,(H2,20,22,23). The molecule has 0 aliphatic carbocycles. The van der Waals surface area contributed by atoms with Gasteiger partial charge < -0.3 is 18.9 Å². The van der Waals surface area contributed by atoms with Crippen LogP contribution in [0.25, 0.3) is 11.3 Å². The summed E-state index contributed by atoms with van der Waals surface area (Å²) in [6, 6.07) is 10.6. The van der Waals surface area contributed by atoms with E-state index in [9.17, 15) is 4.79 Å². The van der Waals surface area contributed by atoms with Crippen molar-refractivity contribution < 1.29 is 18.9 Å². The van der Waals surface area contributed by atoms with Crippen LogP contribution in [0.4, 0.5) is 11.4 Å². The molecule has 27 heavy (non-hydrogen) atoms. The number of fused-ring (bicyclic) bond motifs is 2. The average Bonchev–Trinajstić information content (AvgIpc) is 3.32. The Morgan fingerprint density at radius 3 is 2.44 bits per heavy atom. The van der Waals surface area contributed by atoms with Gasteiger partial charge in [-0.2, -0.15) is 5.11 Å². The lowest BCUT2D eigenvalue weighted by atomic mass is 10.1. The van der Waals surface area contributed by atoms with Crippen LogP contribution in [0.1, 0.15) is 0 Å². The second-order valence-corrected chi connectivity index (χ2v) is 5.90. The third kappa shape index (κ3) is 2.78. The van der Waals surface area contributed by atoms with E-state index in [4.69, 9.17) is 18.9 Å². The predicted octanol–water partition coefficient (Wildman–Crippen LogP) is 3.29. The smallest absolute Gasteiger partial charge is 0.292 e. The summed E-state index contributed by atoms with van der Waals surface area (Å²) in [5, 5.41) is 13.7. The number of ether oxygens (including phenoxy) is 4. The Hall–Kier alpha value is -3.75. The zero-order chi connectivity index (χ0) is 18.2. The summed E-state index contributed by atoms with van der Waals surface area (Å²) in [5.41, 5.74) is 1.60. The molecule has 0 saturated carbocycles. The fraction of sp³-hybridized carbons (Fsp3) is 0.167. The van der Waals surface area contributed by atoms with Crippen molar-refractivity contribution in [1.82, 2.24) is 10.2 Å². The molecule has 0 unspecified atom stereocenters. The summed E-state index contributed by atoms with van der Waals surface area (Å²) in [4.78, 5) is 12.2.